The summed E-state index contributed by atoms with van der Waals surface area (Å²) in [6.45, 7) is 4.51. The SMILES string of the molecule is Cc1c(C)n(Cc2ccco2)c2nc[nH]c(=O)c12. The molecular weight excluding hydrogens is 230 g/mol. The van der Waals surface area contributed by atoms with Crippen LogP contribution in [0.3, 0.4) is 0 Å². The van der Waals surface area contributed by atoms with Gasteiger partial charge in [-0.25, -0.2) is 4.98 Å². The number of rotatable bonds is 2. The molecule has 0 atom stereocenters. The minimum atomic E-state index is -0.0983. The van der Waals surface area contributed by atoms with Gasteiger partial charge in [-0.2, -0.15) is 0 Å². The number of nitrogens with zero attached hydrogens (tertiary/aromatic N) is 2. The quantitative estimate of drug-likeness (QED) is 0.748. The Bertz CT molecular complexity index is 750. The van der Waals surface area contributed by atoms with Crippen molar-refractivity contribution in [2.24, 2.45) is 0 Å². The van der Waals surface area contributed by atoms with E-state index in [4.69, 9.17) is 4.42 Å². The van der Waals surface area contributed by atoms with Crippen molar-refractivity contribution in [2.45, 2.75) is 20.4 Å². The van der Waals surface area contributed by atoms with E-state index in [0.29, 0.717) is 17.6 Å². The van der Waals surface area contributed by atoms with Crippen LogP contribution in [0.25, 0.3) is 11.0 Å². The highest BCUT2D eigenvalue weighted by Gasteiger charge is 2.15. The number of aromatic nitrogens is 3. The van der Waals surface area contributed by atoms with Gasteiger partial charge in [0.15, 0.2) is 0 Å². The zero-order chi connectivity index (χ0) is 12.7. The molecule has 5 nitrogen and oxygen atoms in total. The third kappa shape index (κ3) is 1.48. The Balaban J connectivity index is 2.26. The first kappa shape index (κ1) is 10.8. The van der Waals surface area contributed by atoms with Crippen molar-refractivity contribution in [3.8, 4) is 0 Å². The normalized spacial score (nSPS) is 11.2. The van der Waals surface area contributed by atoms with E-state index >= 15 is 0 Å². The number of hydrogen-bond donors (Lipinski definition) is 1. The minimum absolute atomic E-state index is 0.0983. The molecule has 0 aliphatic carbocycles. The highest BCUT2D eigenvalue weighted by atomic mass is 16.3. The molecule has 0 unspecified atom stereocenters. The van der Waals surface area contributed by atoms with Gasteiger partial charge in [0.2, 0.25) is 0 Å². The van der Waals surface area contributed by atoms with Gasteiger partial charge in [0.25, 0.3) is 5.56 Å². The van der Waals surface area contributed by atoms with Crippen LogP contribution in [-0.4, -0.2) is 14.5 Å². The number of H-pyrrole nitrogens is 1. The number of hydrogen-bond acceptors (Lipinski definition) is 3. The van der Waals surface area contributed by atoms with Crippen molar-refractivity contribution in [2.75, 3.05) is 0 Å². The second kappa shape index (κ2) is 3.87. The van der Waals surface area contributed by atoms with Crippen molar-refractivity contribution in [3.05, 3.63) is 52.1 Å². The molecular formula is C13H13N3O2. The lowest BCUT2D eigenvalue weighted by atomic mass is 10.2. The lowest BCUT2D eigenvalue weighted by Gasteiger charge is -2.04. The van der Waals surface area contributed by atoms with Crippen LogP contribution in [0.1, 0.15) is 17.0 Å². The summed E-state index contributed by atoms with van der Waals surface area (Å²) in [6, 6.07) is 3.76. The molecule has 0 radical (unpaired) electrons. The molecule has 0 bridgehead atoms. The highest BCUT2D eigenvalue weighted by Crippen LogP contribution is 2.21. The van der Waals surface area contributed by atoms with Gasteiger partial charge in [-0.1, -0.05) is 0 Å². The van der Waals surface area contributed by atoms with E-state index in [0.717, 1.165) is 17.0 Å². The van der Waals surface area contributed by atoms with Crippen LogP contribution in [0.4, 0.5) is 0 Å². The van der Waals surface area contributed by atoms with Crippen LogP contribution in [0.15, 0.2) is 33.9 Å². The highest BCUT2D eigenvalue weighted by molar-refractivity contribution is 5.80. The van der Waals surface area contributed by atoms with Gasteiger partial charge in [-0.15, -0.1) is 0 Å². The van der Waals surface area contributed by atoms with E-state index in [1.54, 1.807) is 6.26 Å². The van der Waals surface area contributed by atoms with E-state index < -0.39 is 0 Å². The molecule has 3 rings (SSSR count). The van der Waals surface area contributed by atoms with E-state index in [1.165, 1.54) is 6.33 Å². The lowest BCUT2D eigenvalue weighted by molar-refractivity contribution is 0.494. The van der Waals surface area contributed by atoms with Crippen LogP contribution in [0, 0.1) is 13.8 Å². The molecule has 18 heavy (non-hydrogen) atoms. The molecule has 0 saturated carbocycles. The van der Waals surface area contributed by atoms with Crippen molar-refractivity contribution in [3.63, 3.8) is 0 Å². The molecule has 92 valence electrons. The maximum Gasteiger partial charge on any atom is 0.260 e. The van der Waals surface area contributed by atoms with E-state index in [-0.39, 0.29) is 5.56 Å². The Hall–Kier alpha value is -2.30. The number of furan rings is 1. The molecule has 0 spiro atoms. The van der Waals surface area contributed by atoms with Crippen molar-refractivity contribution >= 4 is 11.0 Å². The van der Waals surface area contributed by atoms with Crippen LogP contribution in [0.5, 0.6) is 0 Å². The predicted molar refractivity (Wildman–Crippen MR) is 67.6 cm³/mol. The van der Waals surface area contributed by atoms with Gasteiger partial charge in [-0.3, -0.25) is 4.79 Å². The van der Waals surface area contributed by atoms with Gasteiger partial charge >= 0.3 is 0 Å². The maximum atomic E-state index is 11.8. The third-order valence-corrected chi connectivity index (χ3v) is 3.31. The second-order valence-corrected chi connectivity index (χ2v) is 4.31. The first-order valence-electron chi connectivity index (χ1n) is 5.74. The van der Waals surface area contributed by atoms with Gasteiger partial charge in [0, 0.05) is 5.69 Å². The van der Waals surface area contributed by atoms with Crippen molar-refractivity contribution in [1.82, 2.24) is 14.5 Å². The Morgan fingerprint density at radius 3 is 3.00 bits per heavy atom. The number of nitrogens with one attached hydrogen (secondary N) is 1. The zero-order valence-corrected chi connectivity index (χ0v) is 10.2. The number of aromatic amines is 1. The molecule has 5 heteroatoms. The molecule has 0 saturated heterocycles. The summed E-state index contributed by atoms with van der Waals surface area (Å²) >= 11 is 0. The predicted octanol–water partition coefficient (Wildman–Crippen LogP) is 1.98. The summed E-state index contributed by atoms with van der Waals surface area (Å²) in [6.07, 6.45) is 3.08. The van der Waals surface area contributed by atoms with Crippen molar-refractivity contribution < 1.29 is 4.42 Å². The van der Waals surface area contributed by atoms with Crippen LogP contribution >= 0.6 is 0 Å². The Kier molecular flexibility index (Phi) is 2.33. The lowest BCUT2D eigenvalue weighted by Crippen LogP contribution is -2.08. The Labute approximate surface area is 103 Å². The largest absolute Gasteiger partial charge is 0.467 e. The first-order chi connectivity index (χ1) is 8.68. The fourth-order valence-electron chi connectivity index (χ4n) is 2.23. The summed E-state index contributed by atoms with van der Waals surface area (Å²) in [5.74, 6) is 0.845. The fraction of sp³-hybridized carbons (Fsp3) is 0.231. The van der Waals surface area contributed by atoms with Gasteiger partial charge < -0.3 is 14.0 Å². The third-order valence-electron chi connectivity index (χ3n) is 3.31. The maximum absolute atomic E-state index is 11.8. The van der Waals surface area contributed by atoms with E-state index in [2.05, 4.69) is 9.97 Å². The summed E-state index contributed by atoms with van der Waals surface area (Å²) in [5.41, 5.74) is 2.60. The number of fused-ring (bicyclic) bond motifs is 1. The molecule has 3 heterocycles. The summed E-state index contributed by atoms with van der Waals surface area (Å²) in [5, 5.41) is 0.654. The fourth-order valence-corrected chi connectivity index (χ4v) is 2.23. The van der Waals surface area contributed by atoms with Crippen LogP contribution < -0.4 is 5.56 Å². The first-order valence-corrected chi connectivity index (χ1v) is 5.74. The summed E-state index contributed by atoms with van der Waals surface area (Å²) in [7, 11) is 0. The van der Waals surface area contributed by atoms with Gasteiger partial charge in [0.1, 0.15) is 11.4 Å². The van der Waals surface area contributed by atoms with Gasteiger partial charge in [0.05, 0.1) is 24.5 Å². The summed E-state index contributed by atoms with van der Waals surface area (Å²) in [4.78, 5) is 18.7. The van der Waals surface area contributed by atoms with Crippen LogP contribution in [0.2, 0.25) is 0 Å². The molecule has 0 amide bonds. The van der Waals surface area contributed by atoms with Crippen LogP contribution in [-0.2, 0) is 6.54 Å². The molecule has 0 aromatic carbocycles. The molecule has 1 N–H and O–H groups in total. The molecule has 0 aliphatic heterocycles. The standard InChI is InChI=1S/C13H13N3O2/c1-8-9(2)16(6-10-4-3-5-18-10)12-11(8)13(17)15-7-14-12/h3-5,7H,6H2,1-2H3,(H,14,15,17). The smallest absolute Gasteiger partial charge is 0.260 e. The minimum Gasteiger partial charge on any atom is -0.467 e. The number of aryl methyl sites for hydroxylation is 1. The van der Waals surface area contributed by atoms with Crippen molar-refractivity contribution in [1.29, 1.82) is 0 Å². The Morgan fingerprint density at radius 2 is 2.28 bits per heavy atom. The second-order valence-electron chi connectivity index (χ2n) is 4.31. The van der Waals surface area contributed by atoms with Gasteiger partial charge in [-0.05, 0) is 31.5 Å². The monoisotopic (exact) mass is 243 g/mol. The zero-order valence-electron chi connectivity index (χ0n) is 10.2. The molecule has 0 aliphatic rings. The average molecular weight is 243 g/mol. The Morgan fingerprint density at radius 1 is 1.44 bits per heavy atom. The summed E-state index contributed by atoms with van der Waals surface area (Å²) < 4.78 is 7.35. The van der Waals surface area contributed by atoms with E-state index in [1.807, 2.05) is 30.5 Å². The molecule has 3 aromatic rings. The molecule has 3 aromatic heterocycles. The average Bonchev–Trinajstić information content (AvgIpc) is 2.94. The van der Waals surface area contributed by atoms with E-state index in [9.17, 15) is 4.79 Å². The molecule has 0 fully saturated rings. The topological polar surface area (TPSA) is 63.8 Å².